The van der Waals surface area contributed by atoms with E-state index in [1.54, 1.807) is 27.0 Å². The van der Waals surface area contributed by atoms with Crippen molar-refractivity contribution in [2.45, 2.75) is 91.5 Å². The predicted molar refractivity (Wildman–Crippen MR) is 147 cm³/mol. The van der Waals surface area contributed by atoms with Crippen molar-refractivity contribution in [1.29, 1.82) is 0 Å². The third-order valence-electron chi connectivity index (χ3n) is 6.27. The highest BCUT2D eigenvalue weighted by atomic mass is 16.6. The molecular weight excluding hydrogens is 486 g/mol. The summed E-state index contributed by atoms with van der Waals surface area (Å²) >= 11 is 0. The number of primary amides is 1. The summed E-state index contributed by atoms with van der Waals surface area (Å²) in [5.74, 6) is -1.80. The number of para-hydroxylation sites is 1. The van der Waals surface area contributed by atoms with Gasteiger partial charge in [0, 0.05) is 23.5 Å². The number of alkyl carbamates (subject to hydrolysis) is 1. The zero-order valence-corrected chi connectivity index (χ0v) is 23.5. The maximum Gasteiger partial charge on any atom is 0.408 e. The molecule has 2 aromatic rings. The topological polar surface area (TPSA) is 155 Å². The van der Waals surface area contributed by atoms with Gasteiger partial charge in [0.15, 0.2) is 0 Å². The van der Waals surface area contributed by atoms with Crippen LogP contribution in [0.15, 0.2) is 30.5 Å². The van der Waals surface area contributed by atoms with Gasteiger partial charge < -0.3 is 31.4 Å². The fourth-order valence-electron chi connectivity index (χ4n) is 4.11. The normalized spacial score (nSPS) is 14.8. The Labute approximate surface area is 224 Å². The van der Waals surface area contributed by atoms with Crippen molar-refractivity contribution in [3.05, 3.63) is 36.0 Å². The van der Waals surface area contributed by atoms with Crippen LogP contribution in [0.4, 0.5) is 4.79 Å². The molecule has 1 aromatic carbocycles. The number of carbonyl (C=O) groups is 4. The van der Waals surface area contributed by atoms with E-state index < -0.39 is 47.5 Å². The van der Waals surface area contributed by atoms with Crippen LogP contribution in [0, 0.1) is 11.8 Å². The molecule has 0 aliphatic rings. The van der Waals surface area contributed by atoms with E-state index in [4.69, 9.17) is 10.5 Å². The van der Waals surface area contributed by atoms with Crippen molar-refractivity contribution in [3.8, 4) is 0 Å². The van der Waals surface area contributed by atoms with E-state index in [9.17, 15) is 19.2 Å². The van der Waals surface area contributed by atoms with Gasteiger partial charge in [-0.05, 0) is 50.7 Å². The van der Waals surface area contributed by atoms with Crippen LogP contribution >= 0.6 is 0 Å². The Bertz CT molecular complexity index is 1120. The van der Waals surface area contributed by atoms with Gasteiger partial charge >= 0.3 is 6.09 Å². The average Bonchev–Trinajstić information content (AvgIpc) is 3.22. The van der Waals surface area contributed by atoms with E-state index in [1.807, 2.05) is 52.0 Å². The lowest BCUT2D eigenvalue weighted by atomic mass is 9.96. The van der Waals surface area contributed by atoms with E-state index in [-0.39, 0.29) is 18.3 Å². The fourth-order valence-corrected chi connectivity index (χ4v) is 4.11. The third-order valence-corrected chi connectivity index (χ3v) is 6.27. The highest BCUT2D eigenvalue weighted by Crippen LogP contribution is 2.20. The van der Waals surface area contributed by atoms with Crippen LogP contribution in [0.5, 0.6) is 0 Å². The van der Waals surface area contributed by atoms with Crippen LogP contribution in [0.2, 0.25) is 0 Å². The molecule has 4 amide bonds. The van der Waals surface area contributed by atoms with E-state index >= 15 is 0 Å². The van der Waals surface area contributed by atoms with Gasteiger partial charge in [0.05, 0.1) is 0 Å². The van der Waals surface area contributed by atoms with E-state index in [0.717, 1.165) is 16.5 Å². The highest BCUT2D eigenvalue weighted by Gasteiger charge is 2.33. The first kappa shape index (κ1) is 30.7. The standard InChI is InChI=1S/C28H43N5O5/c1-8-17(4)23(26(36)31-21(24(29)34)13-16(2)3)33-25(35)22(32-27(37)38-28(5,6)7)14-18-15-30-20-12-10-9-11-19(18)20/h9-12,15-17,21-23,30H,8,13-14H2,1-7H3,(H2,29,34)(H,31,36)(H,32,37)(H,33,35)/t17-,21+,22+,23-/m0/s1. The molecule has 0 spiro atoms. The number of H-pyrrole nitrogens is 1. The van der Waals surface area contributed by atoms with Gasteiger partial charge in [0.2, 0.25) is 17.7 Å². The molecule has 0 bridgehead atoms. The van der Waals surface area contributed by atoms with E-state index in [1.165, 1.54) is 0 Å². The molecule has 1 heterocycles. The van der Waals surface area contributed by atoms with Crippen LogP contribution in [0.1, 0.15) is 66.9 Å². The Kier molecular flexibility index (Phi) is 10.7. The number of hydrogen-bond acceptors (Lipinski definition) is 5. The molecule has 210 valence electrons. The number of aromatic nitrogens is 1. The van der Waals surface area contributed by atoms with Crippen molar-refractivity contribution in [2.75, 3.05) is 0 Å². The Hall–Kier alpha value is -3.56. The summed E-state index contributed by atoms with van der Waals surface area (Å²) in [7, 11) is 0. The van der Waals surface area contributed by atoms with Crippen LogP contribution in [0.25, 0.3) is 10.9 Å². The number of rotatable bonds is 12. The Balaban J connectivity index is 2.31. The lowest BCUT2D eigenvalue weighted by molar-refractivity contribution is -0.133. The molecular formula is C28H43N5O5. The van der Waals surface area contributed by atoms with Crippen LogP contribution < -0.4 is 21.7 Å². The number of hydrogen-bond donors (Lipinski definition) is 5. The van der Waals surface area contributed by atoms with Crippen molar-refractivity contribution in [3.63, 3.8) is 0 Å². The molecule has 0 aliphatic heterocycles. The summed E-state index contributed by atoms with van der Waals surface area (Å²) in [5.41, 5.74) is 6.48. The fraction of sp³-hybridized carbons (Fsp3) is 0.571. The predicted octanol–water partition coefficient (Wildman–Crippen LogP) is 3.15. The molecule has 2 rings (SSSR count). The molecule has 10 nitrogen and oxygen atoms in total. The maximum absolute atomic E-state index is 13.6. The average molecular weight is 530 g/mol. The summed E-state index contributed by atoms with van der Waals surface area (Å²) in [6, 6.07) is 4.83. The minimum Gasteiger partial charge on any atom is -0.444 e. The quantitative estimate of drug-likeness (QED) is 0.286. The third kappa shape index (κ3) is 9.08. The van der Waals surface area contributed by atoms with Crippen molar-refractivity contribution >= 4 is 34.7 Å². The van der Waals surface area contributed by atoms with Gasteiger partial charge in [-0.15, -0.1) is 0 Å². The van der Waals surface area contributed by atoms with Gasteiger partial charge in [-0.25, -0.2) is 4.79 Å². The lowest BCUT2D eigenvalue weighted by Gasteiger charge is -2.28. The monoisotopic (exact) mass is 529 g/mol. The molecule has 4 atom stereocenters. The van der Waals surface area contributed by atoms with E-state index in [0.29, 0.717) is 12.8 Å². The minimum absolute atomic E-state index is 0.128. The lowest BCUT2D eigenvalue weighted by Crippen LogP contribution is -2.58. The van der Waals surface area contributed by atoms with Gasteiger partial charge in [-0.2, -0.15) is 0 Å². The second-order valence-electron chi connectivity index (χ2n) is 11.2. The number of fused-ring (bicyclic) bond motifs is 1. The summed E-state index contributed by atoms with van der Waals surface area (Å²) < 4.78 is 5.39. The summed E-state index contributed by atoms with van der Waals surface area (Å²) in [4.78, 5) is 54.6. The summed E-state index contributed by atoms with van der Waals surface area (Å²) in [6.07, 6.45) is 2.19. The van der Waals surface area contributed by atoms with Crippen LogP contribution in [0.3, 0.4) is 0 Å². The van der Waals surface area contributed by atoms with E-state index in [2.05, 4.69) is 20.9 Å². The molecule has 1 aromatic heterocycles. The number of amides is 4. The molecule has 38 heavy (non-hydrogen) atoms. The van der Waals surface area contributed by atoms with Gasteiger partial charge in [-0.1, -0.05) is 52.3 Å². The highest BCUT2D eigenvalue weighted by molar-refractivity contribution is 5.94. The molecule has 0 saturated heterocycles. The number of nitrogens with two attached hydrogens (primary N) is 1. The SMILES string of the molecule is CC[C@H](C)[C@H](NC(=O)[C@@H](Cc1c[nH]c2ccccc12)NC(=O)OC(C)(C)C)C(=O)N[C@H](CC(C)C)C(N)=O. The number of ether oxygens (including phenoxy) is 1. The molecule has 6 N–H and O–H groups in total. The number of carbonyl (C=O) groups excluding carboxylic acids is 4. The second kappa shape index (κ2) is 13.3. The summed E-state index contributed by atoms with van der Waals surface area (Å²) in [5, 5.41) is 9.11. The van der Waals surface area contributed by atoms with Gasteiger partial charge in [0.1, 0.15) is 23.7 Å². The number of benzene rings is 1. The zero-order chi connectivity index (χ0) is 28.6. The van der Waals surface area contributed by atoms with Gasteiger partial charge in [-0.3, -0.25) is 14.4 Å². The smallest absolute Gasteiger partial charge is 0.408 e. The first-order chi connectivity index (χ1) is 17.7. The van der Waals surface area contributed by atoms with Crippen molar-refractivity contribution in [1.82, 2.24) is 20.9 Å². The van der Waals surface area contributed by atoms with Crippen molar-refractivity contribution < 1.29 is 23.9 Å². The maximum atomic E-state index is 13.6. The molecule has 10 heteroatoms. The van der Waals surface area contributed by atoms with Gasteiger partial charge in [0.25, 0.3) is 0 Å². The van der Waals surface area contributed by atoms with Crippen molar-refractivity contribution in [2.24, 2.45) is 17.6 Å². The Morgan fingerprint density at radius 1 is 0.974 bits per heavy atom. The second-order valence-corrected chi connectivity index (χ2v) is 11.2. The summed E-state index contributed by atoms with van der Waals surface area (Å²) in [6.45, 7) is 12.8. The largest absolute Gasteiger partial charge is 0.444 e. The molecule has 0 saturated carbocycles. The number of nitrogens with one attached hydrogen (secondary N) is 4. The molecule has 0 aliphatic carbocycles. The molecule has 0 fully saturated rings. The van der Waals surface area contributed by atoms with Crippen LogP contribution in [-0.4, -0.2) is 52.5 Å². The minimum atomic E-state index is -1.02. The molecule has 0 unspecified atom stereocenters. The Morgan fingerprint density at radius 3 is 2.21 bits per heavy atom. The number of aromatic amines is 1. The molecule has 0 radical (unpaired) electrons. The first-order valence-electron chi connectivity index (χ1n) is 13.2. The first-order valence-corrected chi connectivity index (χ1v) is 13.2. The Morgan fingerprint density at radius 2 is 1.63 bits per heavy atom. The zero-order valence-electron chi connectivity index (χ0n) is 23.5. The van der Waals surface area contributed by atoms with Crippen LogP contribution in [-0.2, 0) is 25.5 Å².